The third-order valence-electron chi connectivity index (χ3n) is 4.08. The summed E-state index contributed by atoms with van der Waals surface area (Å²) in [5, 5.41) is 2.17. The molecule has 21 heavy (non-hydrogen) atoms. The van der Waals surface area contributed by atoms with Gasteiger partial charge in [0.15, 0.2) is 0 Å². The summed E-state index contributed by atoms with van der Waals surface area (Å²) >= 11 is 7.65. The van der Waals surface area contributed by atoms with Crippen LogP contribution < -0.4 is 10.6 Å². The Labute approximate surface area is 135 Å². The molecule has 0 saturated carbocycles. The van der Waals surface area contributed by atoms with Crippen molar-refractivity contribution in [2.24, 2.45) is 11.7 Å². The summed E-state index contributed by atoms with van der Waals surface area (Å²) in [6.45, 7) is 4.16. The number of nitrogens with zero attached hydrogens (tertiary/aromatic N) is 1. The average molecular weight is 321 g/mol. The molecule has 0 bridgehead atoms. The molecular weight excluding hydrogens is 300 g/mol. The SMILES string of the molecule is Cc1cccc(N2CC(N)CC(Cc3csc(Cl)c3)C2)c1. The number of halogens is 1. The number of anilines is 1. The fourth-order valence-corrected chi connectivity index (χ4v) is 4.14. The normalized spacial score (nSPS) is 22.5. The predicted molar refractivity (Wildman–Crippen MR) is 92.5 cm³/mol. The summed E-state index contributed by atoms with van der Waals surface area (Å²) in [6, 6.07) is 11.0. The zero-order chi connectivity index (χ0) is 14.8. The molecule has 3 rings (SSSR count). The third kappa shape index (κ3) is 3.79. The van der Waals surface area contributed by atoms with Crippen molar-refractivity contribution in [3.05, 3.63) is 51.2 Å². The highest BCUT2D eigenvalue weighted by atomic mass is 35.5. The molecule has 1 aliphatic rings. The lowest BCUT2D eigenvalue weighted by atomic mass is 9.89. The lowest BCUT2D eigenvalue weighted by Crippen LogP contribution is -2.47. The van der Waals surface area contributed by atoms with Gasteiger partial charge in [0.1, 0.15) is 0 Å². The summed E-state index contributed by atoms with van der Waals surface area (Å²) in [7, 11) is 0. The summed E-state index contributed by atoms with van der Waals surface area (Å²) in [6.07, 6.45) is 2.16. The number of aryl methyl sites for hydroxylation is 1. The van der Waals surface area contributed by atoms with Gasteiger partial charge in [-0.3, -0.25) is 0 Å². The van der Waals surface area contributed by atoms with E-state index in [-0.39, 0.29) is 6.04 Å². The van der Waals surface area contributed by atoms with E-state index >= 15 is 0 Å². The molecule has 0 radical (unpaired) electrons. The second kappa shape index (κ2) is 6.39. The molecule has 2 aromatic rings. The van der Waals surface area contributed by atoms with Crippen LogP contribution in [-0.4, -0.2) is 19.1 Å². The minimum Gasteiger partial charge on any atom is -0.370 e. The highest BCUT2D eigenvalue weighted by molar-refractivity contribution is 7.14. The van der Waals surface area contributed by atoms with Gasteiger partial charge >= 0.3 is 0 Å². The Kier molecular flexibility index (Phi) is 4.53. The van der Waals surface area contributed by atoms with Crippen LogP contribution in [0.1, 0.15) is 17.5 Å². The maximum atomic E-state index is 6.28. The van der Waals surface area contributed by atoms with Gasteiger partial charge in [-0.2, -0.15) is 0 Å². The lowest BCUT2D eigenvalue weighted by molar-refractivity contribution is 0.375. The highest BCUT2D eigenvalue weighted by Gasteiger charge is 2.25. The van der Waals surface area contributed by atoms with Gasteiger partial charge < -0.3 is 10.6 Å². The van der Waals surface area contributed by atoms with Crippen LogP contribution in [0.5, 0.6) is 0 Å². The number of hydrogen-bond donors (Lipinski definition) is 1. The van der Waals surface area contributed by atoms with E-state index in [0.29, 0.717) is 5.92 Å². The third-order valence-corrected chi connectivity index (χ3v) is 5.22. The first-order chi connectivity index (χ1) is 10.1. The molecule has 2 heterocycles. The van der Waals surface area contributed by atoms with Crippen molar-refractivity contribution < 1.29 is 0 Å². The van der Waals surface area contributed by atoms with E-state index in [9.17, 15) is 0 Å². The lowest BCUT2D eigenvalue weighted by Gasteiger charge is -2.38. The van der Waals surface area contributed by atoms with Gasteiger partial charge in [-0.05, 0) is 60.4 Å². The molecule has 4 heteroatoms. The molecule has 2 atom stereocenters. The molecule has 0 spiro atoms. The fraction of sp³-hybridized carbons (Fsp3) is 0.412. The van der Waals surface area contributed by atoms with Gasteiger partial charge in [-0.25, -0.2) is 0 Å². The molecule has 1 aromatic heterocycles. The van der Waals surface area contributed by atoms with E-state index in [0.717, 1.165) is 30.3 Å². The Morgan fingerprint density at radius 1 is 1.33 bits per heavy atom. The second-order valence-electron chi connectivity index (χ2n) is 6.07. The van der Waals surface area contributed by atoms with Crippen molar-refractivity contribution >= 4 is 28.6 Å². The zero-order valence-electron chi connectivity index (χ0n) is 12.3. The van der Waals surface area contributed by atoms with E-state index < -0.39 is 0 Å². The monoisotopic (exact) mass is 320 g/mol. The van der Waals surface area contributed by atoms with Crippen LogP contribution in [-0.2, 0) is 6.42 Å². The smallest absolute Gasteiger partial charge is 0.0931 e. The largest absolute Gasteiger partial charge is 0.370 e. The van der Waals surface area contributed by atoms with Gasteiger partial charge in [0.2, 0.25) is 0 Å². The van der Waals surface area contributed by atoms with E-state index in [1.54, 1.807) is 11.3 Å². The number of piperidine rings is 1. The summed E-state index contributed by atoms with van der Waals surface area (Å²) in [5.74, 6) is 0.597. The van der Waals surface area contributed by atoms with Gasteiger partial charge in [0.25, 0.3) is 0 Å². The Balaban J connectivity index is 1.72. The highest BCUT2D eigenvalue weighted by Crippen LogP contribution is 2.28. The molecular formula is C17H21ClN2S. The maximum absolute atomic E-state index is 6.28. The van der Waals surface area contributed by atoms with E-state index in [2.05, 4.69) is 47.5 Å². The van der Waals surface area contributed by atoms with E-state index in [4.69, 9.17) is 17.3 Å². The minimum absolute atomic E-state index is 0.248. The second-order valence-corrected chi connectivity index (χ2v) is 7.61. The van der Waals surface area contributed by atoms with Crippen LogP contribution in [0.3, 0.4) is 0 Å². The van der Waals surface area contributed by atoms with E-state index in [1.165, 1.54) is 16.8 Å². The number of hydrogen-bond acceptors (Lipinski definition) is 3. The van der Waals surface area contributed by atoms with E-state index in [1.807, 2.05) is 0 Å². The standard InChI is InChI=1S/C17H21ClN2S/c1-12-3-2-4-16(5-12)20-9-13(7-15(19)10-20)6-14-8-17(18)21-11-14/h2-5,8,11,13,15H,6-7,9-10,19H2,1H3. The Morgan fingerprint density at radius 2 is 2.19 bits per heavy atom. The number of benzene rings is 1. The Bertz CT molecular complexity index is 610. The van der Waals surface area contributed by atoms with Crippen LogP contribution >= 0.6 is 22.9 Å². The summed E-state index contributed by atoms with van der Waals surface area (Å²) in [5.41, 5.74) is 10.2. The van der Waals surface area contributed by atoms with Crippen LogP contribution in [0, 0.1) is 12.8 Å². The fourth-order valence-electron chi connectivity index (χ4n) is 3.22. The van der Waals surface area contributed by atoms with Gasteiger partial charge in [-0.1, -0.05) is 23.7 Å². The molecule has 112 valence electrons. The maximum Gasteiger partial charge on any atom is 0.0931 e. The van der Waals surface area contributed by atoms with Crippen molar-refractivity contribution in [1.29, 1.82) is 0 Å². The topological polar surface area (TPSA) is 29.3 Å². The van der Waals surface area contributed by atoms with Crippen molar-refractivity contribution in [3.8, 4) is 0 Å². The predicted octanol–water partition coefficient (Wildman–Crippen LogP) is 4.11. The minimum atomic E-state index is 0.248. The molecule has 0 aliphatic carbocycles. The molecule has 2 N–H and O–H groups in total. The van der Waals surface area contributed by atoms with Crippen LogP contribution in [0.4, 0.5) is 5.69 Å². The van der Waals surface area contributed by atoms with Crippen LogP contribution in [0.15, 0.2) is 35.7 Å². The Morgan fingerprint density at radius 3 is 2.90 bits per heavy atom. The first kappa shape index (κ1) is 14.9. The first-order valence-corrected chi connectivity index (χ1v) is 8.66. The van der Waals surface area contributed by atoms with Crippen LogP contribution in [0.2, 0.25) is 4.34 Å². The molecule has 1 aliphatic heterocycles. The quantitative estimate of drug-likeness (QED) is 0.922. The molecule has 2 unspecified atom stereocenters. The molecule has 2 nitrogen and oxygen atoms in total. The summed E-state index contributed by atoms with van der Waals surface area (Å²) < 4.78 is 0.876. The first-order valence-electron chi connectivity index (χ1n) is 7.40. The summed E-state index contributed by atoms with van der Waals surface area (Å²) in [4.78, 5) is 2.43. The Hall–Kier alpha value is -1.03. The molecule has 1 aromatic carbocycles. The molecule has 1 fully saturated rings. The zero-order valence-corrected chi connectivity index (χ0v) is 13.8. The molecule has 0 amide bonds. The molecule has 1 saturated heterocycles. The van der Waals surface area contributed by atoms with Crippen molar-refractivity contribution in [3.63, 3.8) is 0 Å². The van der Waals surface area contributed by atoms with Crippen molar-refractivity contribution in [1.82, 2.24) is 0 Å². The van der Waals surface area contributed by atoms with Crippen molar-refractivity contribution in [2.75, 3.05) is 18.0 Å². The van der Waals surface area contributed by atoms with Gasteiger partial charge in [0.05, 0.1) is 4.34 Å². The average Bonchev–Trinajstić information content (AvgIpc) is 2.83. The number of nitrogens with two attached hydrogens (primary N) is 1. The van der Waals surface area contributed by atoms with Gasteiger partial charge in [0, 0.05) is 24.8 Å². The van der Waals surface area contributed by atoms with Crippen molar-refractivity contribution in [2.45, 2.75) is 25.8 Å². The van der Waals surface area contributed by atoms with Gasteiger partial charge in [-0.15, -0.1) is 11.3 Å². The number of thiophene rings is 1. The van der Waals surface area contributed by atoms with Crippen LogP contribution in [0.25, 0.3) is 0 Å². The number of rotatable bonds is 3.